The standard InChI is InChI=1S/C13H21N3/c14-13-5-10-16(11-6-13)9-1-2-12-3-7-15-8-4-12/h3-4,7-8,13H,1-2,5-6,9-11,14H2. The number of rotatable bonds is 4. The fourth-order valence-electron chi connectivity index (χ4n) is 2.23. The van der Waals surface area contributed by atoms with Crippen LogP contribution >= 0.6 is 0 Å². The molecule has 0 aliphatic carbocycles. The van der Waals surface area contributed by atoms with Crippen LogP contribution in [0.3, 0.4) is 0 Å². The Labute approximate surface area is 97.7 Å². The molecule has 1 aromatic heterocycles. The lowest BCUT2D eigenvalue weighted by molar-refractivity contribution is 0.211. The van der Waals surface area contributed by atoms with E-state index in [0.717, 1.165) is 19.3 Å². The molecular weight excluding hydrogens is 198 g/mol. The van der Waals surface area contributed by atoms with E-state index in [2.05, 4.69) is 22.0 Å². The summed E-state index contributed by atoms with van der Waals surface area (Å²) in [5.41, 5.74) is 7.28. The predicted octanol–water partition coefficient (Wildman–Crippen LogP) is 1.44. The second-order valence-corrected chi connectivity index (χ2v) is 4.64. The van der Waals surface area contributed by atoms with Crippen LogP contribution in [0.5, 0.6) is 0 Å². The van der Waals surface area contributed by atoms with Crippen LogP contribution in [-0.2, 0) is 6.42 Å². The van der Waals surface area contributed by atoms with Gasteiger partial charge in [0.05, 0.1) is 0 Å². The molecule has 1 saturated heterocycles. The summed E-state index contributed by atoms with van der Waals surface area (Å²) in [4.78, 5) is 6.56. The molecule has 0 radical (unpaired) electrons. The van der Waals surface area contributed by atoms with E-state index in [1.54, 1.807) is 0 Å². The smallest absolute Gasteiger partial charge is 0.0270 e. The summed E-state index contributed by atoms with van der Waals surface area (Å²) in [6, 6.07) is 4.65. The van der Waals surface area contributed by atoms with Gasteiger partial charge in [0.25, 0.3) is 0 Å². The molecule has 0 amide bonds. The second-order valence-electron chi connectivity index (χ2n) is 4.64. The van der Waals surface area contributed by atoms with E-state index in [1.807, 2.05) is 12.4 Å². The maximum absolute atomic E-state index is 5.88. The van der Waals surface area contributed by atoms with Crippen LogP contribution in [0, 0.1) is 0 Å². The highest BCUT2D eigenvalue weighted by Gasteiger charge is 2.14. The fourth-order valence-corrected chi connectivity index (χ4v) is 2.23. The van der Waals surface area contributed by atoms with E-state index < -0.39 is 0 Å². The molecule has 2 rings (SSSR count). The molecule has 1 fully saturated rings. The first-order valence-corrected chi connectivity index (χ1v) is 6.21. The van der Waals surface area contributed by atoms with Gasteiger partial charge in [-0.15, -0.1) is 0 Å². The van der Waals surface area contributed by atoms with Gasteiger partial charge in [-0.1, -0.05) is 0 Å². The quantitative estimate of drug-likeness (QED) is 0.833. The molecule has 16 heavy (non-hydrogen) atoms. The number of pyridine rings is 1. The fraction of sp³-hybridized carbons (Fsp3) is 0.615. The largest absolute Gasteiger partial charge is 0.328 e. The Morgan fingerprint density at radius 3 is 2.62 bits per heavy atom. The number of aromatic nitrogens is 1. The SMILES string of the molecule is NC1CCN(CCCc2ccncc2)CC1. The number of likely N-dealkylation sites (tertiary alicyclic amines) is 1. The molecule has 3 nitrogen and oxygen atoms in total. The van der Waals surface area contributed by atoms with Crippen molar-refractivity contribution in [1.82, 2.24) is 9.88 Å². The molecular formula is C13H21N3. The van der Waals surface area contributed by atoms with Crippen molar-refractivity contribution in [3.05, 3.63) is 30.1 Å². The summed E-state index contributed by atoms with van der Waals surface area (Å²) in [7, 11) is 0. The number of piperidine rings is 1. The van der Waals surface area contributed by atoms with Crippen LogP contribution in [0.1, 0.15) is 24.8 Å². The maximum atomic E-state index is 5.88. The molecule has 1 aliphatic rings. The molecule has 3 heteroatoms. The van der Waals surface area contributed by atoms with Gasteiger partial charge in [-0.25, -0.2) is 0 Å². The van der Waals surface area contributed by atoms with E-state index in [9.17, 15) is 0 Å². The third-order valence-electron chi connectivity index (χ3n) is 3.32. The molecule has 0 spiro atoms. The van der Waals surface area contributed by atoms with Gasteiger partial charge in [0.1, 0.15) is 0 Å². The third kappa shape index (κ3) is 3.58. The first-order chi connectivity index (χ1) is 7.84. The predicted molar refractivity (Wildman–Crippen MR) is 66.2 cm³/mol. The van der Waals surface area contributed by atoms with Gasteiger partial charge in [0.2, 0.25) is 0 Å². The zero-order chi connectivity index (χ0) is 11.2. The minimum atomic E-state index is 0.441. The Hall–Kier alpha value is -0.930. The van der Waals surface area contributed by atoms with Crippen LogP contribution in [-0.4, -0.2) is 35.6 Å². The minimum Gasteiger partial charge on any atom is -0.328 e. The summed E-state index contributed by atoms with van der Waals surface area (Å²) in [5, 5.41) is 0. The summed E-state index contributed by atoms with van der Waals surface area (Å²) < 4.78 is 0. The number of nitrogens with two attached hydrogens (primary N) is 1. The highest BCUT2D eigenvalue weighted by atomic mass is 15.1. The molecule has 0 bridgehead atoms. The van der Waals surface area contributed by atoms with Gasteiger partial charge in [0, 0.05) is 18.4 Å². The number of hydrogen-bond donors (Lipinski definition) is 1. The molecule has 2 heterocycles. The van der Waals surface area contributed by atoms with E-state index in [-0.39, 0.29) is 0 Å². The molecule has 0 aromatic carbocycles. The van der Waals surface area contributed by atoms with Gasteiger partial charge in [0.15, 0.2) is 0 Å². The Morgan fingerprint density at radius 2 is 1.94 bits per heavy atom. The Bertz CT molecular complexity index is 291. The van der Waals surface area contributed by atoms with Gasteiger partial charge in [-0.2, -0.15) is 0 Å². The van der Waals surface area contributed by atoms with Crippen molar-refractivity contribution in [1.29, 1.82) is 0 Å². The van der Waals surface area contributed by atoms with E-state index >= 15 is 0 Å². The summed E-state index contributed by atoms with van der Waals surface area (Å²) >= 11 is 0. The summed E-state index contributed by atoms with van der Waals surface area (Å²) in [5.74, 6) is 0. The molecule has 0 saturated carbocycles. The second kappa shape index (κ2) is 5.97. The monoisotopic (exact) mass is 219 g/mol. The summed E-state index contributed by atoms with van der Waals surface area (Å²) in [6.45, 7) is 3.56. The molecule has 0 atom stereocenters. The summed E-state index contributed by atoms with van der Waals surface area (Å²) in [6.07, 6.45) is 8.46. The van der Waals surface area contributed by atoms with Crippen LogP contribution < -0.4 is 5.73 Å². The molecule has 0 unspecified atom stereocenters. The average molecular weight is 219 g/mol. The highest BCUT2D eigenvalue weighted by molar-refractivity contribution is 5.09. The van der Waals surface area contributed by atoms with Crippen molar-refractivity contribution in [2.45, 2.75) is 31.7 Å². The van der Waals surface area contributed by atoms with Crippen LogP contribution in [0.25, 0.3) is 0 Å². The lowest BCUT2D eigenvalue weighted by Crippen LogP contribution is -2.40. The molecule has 1 aromatic rings. The molecule has 2 N–H and O–H groups in total. The van der Waals surface area contributed by atoms with Crippen molar-refractivity contribution >= 4 is 0 Å². The number of hydrogen-bond acceptors (Lipinski definition) is 3. The van der Waals surface area contributed by atoms with Crippen molar-refractivity contribution in [3.8, 4) is 0 Å². The van der Waals surface area contributed by atoms with Crippen molar-refractivity contribution in [3.63, 3.8) is 0 Å². The zero-order valence-electron chi connectivity index (χ0n) is 9.81. The van der Waals surface area contributed by atoms with Crippen LogP contribution in [0.15, 0.2) is 24.5 Å². The van der Waals surface area contributed by atoms with Gasteiger partial charge in [-0.05, 0) is 63.0 Å². The van der Waals surface area contributed by atoms with E-state index in [4.69, 9.17) is 5.73 Å². The van der Waals surface area contributed by atoms with Gasteiger partial charge >= 0.3 is 0 Å². The van der Waals surface area contributed by atoms with Crippen molar-refractivity contribution in [2.24, 2.45) is 5.73 Å². The van der Waals surface area contributed by atoms with Crippen molar-refractivity contribution in [2.75, 3.05) is 19.6 Å². The van der Waals surface area contributed by atoms with Crippen LogP contribution in [0.2, 0.25) is 0 Å². The Kier molecular flexibility index (Phi) is 4.31. The van der Waals surface area contributed by atoms with Crippen LogP contribution in [0.4, 0.5) is 0 Å². The normalized spacial score (nSPS) is 18.8. The lowest BCUT2D eigenvalue weighted by atomic mass is 10.1. The molecule has 1 aliphatic heterocycles. The van der Waals surface area contributed by atoms with E-state index in [0.29, 0.717) is 6.04 Å². The van der Waals surface area contributed by atoms with E-state index in [1.165, 1.54) is 31.6 Å². The number of nitrogens with zero attached hydrogens (tertiary/aromatic N) is 2. The molecule has 88 valence electrons. The highest BCUT2D eigenvalue weighted by Crippen LogP contribution is 2.09. The Balaban J connectivity index is 1.65. The lowest BCUT2D eigenvalue weighted by Gasteiger charge is -2.29. The number of aryl methyl sites for hydroxylation is 1. The first-order valence-electron chi connectivity index (χ1n) is 6.21. The van der Waals surface area contributed by atoms with Crippen molar-refractivity contribution < 1.29 is 0 Å². The Morgan fingerprint density at radius 1 is 1.25 bits per heavy atom. The minimum absolute atomic E-state index is 0.441. The maximum Gasteiger partial charge on any atom is 0.0270 e. The topological polar surface area (TPSA) is 42.1 Å². The van der Waals surface area contributed by atoms with Gasteiger partial charge < -0.3 is 10.6 Å². The first kappa shape index (κ1) is 11.6. The zero-order valence-corrected chi connectivity index (χ0v) is 9.81. The van der Waals surface area contributed by atoms with Gasteiger partial charge in [-0.3, -0.25) is 4.98 Å². The third-order valence-corrected chi connectivity index (χ3v) is 3.32. The average Bonchev–Trinajstić information content (AvgIpc) is 2.33.